The van der Waals surface area contributed by atoms with Crippen molar-refractivity contribution in [3.05, 3.63) is 54.4 Å². The first-order valence-corrected chi connectivity index (χ1v) is 7.67. The third kappa shape index (κ3) is 4.10. The number of carbonyl (C=O) groups excluding carboxylic acids is 2. The van der Waals surface area contributed by atoms with E-state index in [0.29, 0.717) is 6.42 Å². The Balaban J connectivity index is 2.04. The fraction of sp³-hybridized carbons (Fsp3) is 0.278. The number of hydrogen-bond acceptors (Lipinski definition) is 4. The number of amides is 1. The van der Waals surface area contributed by atoms with Crippen molar-refractivity contribution in [1.82, 2.24) is 15.1 Å². The van der Waals surface area contributed by atoms with Gasteiger partial charge in [0.2, 0.25) is 5.91 Å². The third-order valence-electron chi connectivity index (χ3n) is 3.79. The highest BCUT2D eigenvalue weighted by molar-refractivity contribution is 5.95. The maximum atomic E-state index is 12.1. The predicted molar refractivity (Wildman–Crippen MR) is 91.5 cm³/mol. The van der Waals surface area contributed by atoms with Crippen LogP contribution in [-0.2, 0) is 14.3 Å². The van der Waals surface area contributed by atoms with Gasteiger partial charge in [-0.25, -0.2) is 9.48 Å². The number of nitrogens with zero attached hydrogens (tertiary/aromatic N) is 2. The highest BCUT2D eigenvalue weighted by Crippen LogP contribution is 2.12. The number of ether oxygens (including phenoxy) is 1. The third-order valence-corrected chi connectivity index (χ3v) is 3.79. The van der Waals surface area contributed by atoms with Crippen LogP contribution in [0.25, 0.3) is 11.8 Å². The van der Waals surface area contributed by atoms with Crippen molar-refractivity contribution < 1.29 is 14.3 Å². The Morgan fingerprint density at radius 3 is 2.67 bits per heavy atom. The number of aromatic nitrogens is 2. The lowest BCUT2D eigenvalue weighted by Crippen LogP contribution is -2.51. The zero-order valence-electron chi connectivity index (χ0n) is 14.0. The molecule has 1 aromatic carbocycles. The summed E-state index contributed by atoms with van der Waals surface area (Å²) in [6, 6.07) is 9.67. The summed E-state index contributed by atoms with van der Waals surface area (Å²) in [4.78, 5) is 23.8. The molecule has 0 aliphatic rings. The van der Waals surface area contributed by atoms with Gasteiger partial charge < -0.3 is 10.1 Å². The number of rotatable bonds is 6. The van der Waals surface area contributed by atoms with Crippen molar-refractivity contribution in [2.45, 2.75) is 25.8 Å². The standard InChI is InChI=1S/C18H21N3O3/c1-4-18(2,17(23)24-3)20-16(22)11-10-14-12-19-21(13-14)15-8-6-5-7-9-15/h5-13H,4H2,1-3H3,(H,20,22)/b11-10+/t18-/m0/s1. The quantitative estimate of drug-likeness (QED) is 0.653. The molecule has 0 fully saturated rings. The zero-order valence-corrected chi connectivity index (χ0v) is 14.0. The Bertz CT molecular complexity index is 737. The Labute approximate surface area is 141 Å². The predicted octanol–water partition coefficient (Wildman–Crippen LogP) is 2.34. The summed E-state index contributed by atoms with van der Waals surface area (Å²) in [6.45, 7) is 3.45. The molecule has 1 aromatic heterocycles. The summed E-state index contributed by atoms with van der Waals surface area (Å²) in [5.74, 6) is -0.833. The lowest BCUT2D eigenvalue weighted by Gasteiger charge is -2.25. The number of esters is 1. The van der Waals surface area contributed by atoms with E-state index >= 15 is 0 Å². The first kappa shape index (κ1) is 17.5. The first-order valence-electron chi connectivity index (χ1n) is 7.67. The SMILES string of the molecule is CC[C@](C)(NC(=O)/C=C/c1cnn(-c2ccccc2)c1)C(=O)OC. The molecule has 0 unspecified atom stereocenters. The maximum absolute atomic E-state index is 12.1. The summed E-state index contributed by atoms with van der Waals surface area (Å²) in [5.41, 5.74) is 0.681. The molecule has 6 heteroatoms. The minimum atomic E-state index is -1.04. The van der Waals surface area contributed by atoms with Gasteiger partial charge in [0.05, 0.1) is 19.0 Å². The molecule has 1 N–H and O–H groups in total. The van der Waals surface area contributed by atoms with E-state index in [2.05, 4.69) is 10.4 Å². The van der Waals surface area contributed by atoms with Crippen LogP contribution in [0, 0.1) is 0 Å². The molecule has 0 aliphatic carbocycles. The fourth-order valence-corrected chi connectivity index (χ4v) is 2.14. The summed E-state index contributed by atoms with van der Waals surface area (Å²) in [5, 5.41) is 6.93. The first-order chi connectivity index (χ1) is 11.5. The van der Waals surface area contributed by atoms with E-state index in [1.165, 1.54) is 13.2 Å². The molecule has 0 saturated heterocycles. The number of methoxy groups -OCH3 is 1. The fourth-order valence-electron chi connectivity index (χ4n) is 2.14. The van der Waals surface area contributed by atoms with Gasteiger partial charge in [0.25, 0.3) is 0 Å². The molecule has 6 nitrogen and oxygen atoms in total. The van der Waals surface area contributed by atoms with Crippen LogP contribution in [0.3, 0.4) is 0 Å². The van der Waals surface area contributed by atoms with E-state index in [0.717, 1.165) is 11.3 Å². The maximum Gasteiger partial charge on any atom is 0.331 e. The lowest BCUT2D eigenvalue weighted by atomic mass is 9.99. The summed E-state index contributed by atoms with van der Waals surface area (Å²) in [7, 11) is 1.30. The van der Waals surface area contributed by atoms with Crippen LogP contribution in [0.4, 0.5) is 0 Å². The van der Waals surface area contributed by atoms with Crippen LogP contribution in [0.5, 0.6) is 0 Å². The van der Waals surface area contributed by atoms with Gasteiger partial charge in [0.15, 0.2) is 0 Å². The van der Waals surface area contributed by atoms with E-state index < -0.39 is 11.5 Å². The van der Waals surface area contributed by atoms with Gasteiger partial charge in [-0.2, -0.15) is 5.10 Å². The molecule has 126 valence electrons. The molecule has 1 amide bonds. The highest BCUT2D eigenvalue weighted by atomic mass is 16.5. The van der Waals surface area contributed by atoms with Crippen LogP contribution in [0.2, 0.25) is 0 Å². The molecule has 0 radical (unpaired) electrons. The van der Waals surface area contributed by atoms with Gasteiger partial charge in [0, 0.05) is 17.8 Å². The number of para-hydroxylation sites is 1. The van der Waals surface area contributed by atoms with Crippen LogP contribution in [-0.4, -0.2) is 34.3 Å². The summed E-state index contributed by atoms with van der Waals surface area (Å²) < 4.78 is 6.46. The van der Waals surface area contributed by atoms with E-state index in [9.17, 15) is 9.59 Å². The molecular weight excluding hydrogens is 306 g/mol. The molecular formula is C18H21N3O3. The molecule has 2 aromatic rings. The summed E-state index contributed by atoms with van der Waals surface area (Å²) >= 11 is 0. The van der Waals surface area contributed by atoms with Crippen LogP contribution in [0.1, 0.15) is 25.8 Å². The van der Waals surface area contributed by atoms with Crippen LogP contribution >= 0.6 is 0 Å². The molecule has 0 aliphatic heterocycles. The van der Waals surface area contributed by atoms with Gasteiger partial charge in [0.1, 0.15) is 5.54 Å². The molecule has 0 spiro atoms. The van der Waals surface area contributed by atoms with Crippen molar-refractivity contribution in [2.24, 2.45) is 0 Å². The van der Waals surface area contributed by atoms with Gasteiger partial charge in [-0.3, -0.25) is 4.79 Å². The number of hydrogen-bond donors (Lipinski definition) is 1. The topological polar surface area (TPSA) is 73.2 Å². The van der Waals surface area contributed by atoms with Crippen molar-refractivity contribution in [3.63, 3.8) is 0 Å². The van der Waals surface area contributed by atoms with E-state index in [1.54, 1.807) is 23.9 Å². The van der Waals surface area contributed by atoms with Gasteiger partial charge >= 0.3 is 5.97 Å². The average molecular weight is 327 g/mol. The van der Waals surface area contributed by atoms with E-state index in [4.69, 9.17) is 4.74 Å². The van der Waals surface area contributed by atoms with Crippen molar-refractivity contribution in [1.29, 1.82) is 0 Å². The molecule has 0 bridgehead atoms. The second-order valence-corrected chi connectivity index (χ2v) is 5.55. The minimum absolute atomic E-state index is 0.364. The summed E-state index contributed by atoms with van der Waals surface area (Å²) in [6.07, 6.45) is 6.94. The zero-order chi connectivity index (χ0) is 17.6. The smallest absolute Gasteiger partial charge is 0.331 e. The molecule has 0 saturated carbocycles. The largest absolute Gasteiger partial charge is 0.467 e. The van der Waals surface area contributed by atoms with Gasteiger partial charge in [-0.15, -0.1) is 0 Å². The Morgan fingerprint density at radius 1 is 1.33 bits per heavy atom. The van der Waals surface area contributed by atoms with Crippen LogP contribution in [0.15, 0.2) is 48.8 Å². The Hall–Kier alpha value is -2.89. The van der Waals surface area contributed by atoms with Crippen molar-refractivity contribution >= 4 is 18.0 Å². The Kier molecular flexibility index (Phi) is 5.52. The number of carbonyl (C=O) groups is 2. The van der Waals surface area contributed by atoms with Gasteiger partial charge in [-0.1, -0.05) is 25.1 Å². The number of benzene rings is 1. The van der Waals surface area contributed by atoms with Gasteiger partial charge in [-0.05, 0) is 31.6 Å². The highest BCUT2D eigenvalue weighted by Gasteiger charge is 2.33. The number of nitrogens with one attached hydrogen (secondary N) is 1. The minimum Gasteiger partial charge on any atom is -0.467 e. The Morgan fingerprint density at radius 2 is 2.04 bits per heavy atom. The average Bonchev–Trinajstić information content (AvgIpc) is 3.09. The second kappa shape index (κ2) is 7.59. The van der Waals surface area contributed by atoms with Crippen molar-refractivity contribution in [3.8, 4) is 5.69 Å². The van der Waals surface area contributed by atoms with Crippen LogP contribution < -0.4 is 5.32 Å². The van der Waals surface area contributed by atoms with E-state index in [-0.39, 0.29) is 5.91 Å². The second-order valence-electron chi connectivity index (χ2n) is 5.55. The van der Waals surface area contributed by atoms with E-state index in [1.807, 2.05) is 43.5 Å². The molecule has 24 heavy (non-hydrogen) atoms. The lowest BCUT2D eigenvalue weighted by molar-refractivity contribution is -0.149. The molecule has 1 atom stereocenters. The molecule has 1 heterocycles. The molecule has 2 rings (SSSR count). The normalized spacial score (nSPS) is 13.5. The van der Waals surface area contributed by atoms with Crippen molar-refractivity contribution in [2.75, 3.05) is 7.11 Å². The monoisotopic (exact) mass is 327 g/mol.